The van der Waals surface area contributed by atoms with E-state index >= 15 is 0 Å². The van der Waals surface area contributed by atoms with Gasteiger partial charge >= 0.3 is 5.97 Å². The van der Waals surface area contributed by atoms with E-state index in [4.69, 9.17) is 14.2 Å². The summed E-state index contributed by atoms with van der Waals surface area (Å²) in [6, 6.07) is 11.5. The number of para-hydroxylation sites is 2. The third-order valence-electron chi connectivity index (χ3n) is 4.96. The highest BCUT2D eigenvalue weighted by atomic mass is 16.6. The van der Waals surface area contributed by atoms with Gasteiger partial charge in [-0.05, 0) is 43.9 Å². The number of aryl methyl sites for hydroxylation is 1. The van der Waals surface area contributed by atoms with Crippen LogP contribution in [0.5, 0.6) is 11.5 Å². The molecule has 1 amide bonds. The number of benzene rings is 2. The summed E-state index contributed by atoms with van der Waals surface area (Å²) in [6.07, 6.45) is 0.779. The summed E-state index contributed by atoms with van der Waals surface area (Å²) in [5, 5.41) is 2.86. The predicted octanol–water partition coefficient (Wildman–Crippen LogP) is 4.39. The van der Waals surface area contributed by atoms with E-state index in [1.807, 2.05) is 51.1 Å². The predicted molar refractivity (Wildman–Crippen MR) is 115 cm³/mol. The van der Waals surface area contributed by atoms with E-state index < -0.39 is 5.97 Å². The van der Waals surface area contributed by atoms with Crippen LogP contribution in [0, 0.1) is 6.92 Å². The highest BCUT2D eigenvalue weighted by Gasteiger charge is 2.32. The van der Waals surface area contributed by atoms with Gasteiger partial charge in [0.15, 0.2) is 24.7 Å². The second kappa shape index (κ2) is 8.78. The Kier molecular flexibility index (Phi) is 6.34. The molecule has 0 atom stereocenters. The van der Waals surface area contributed by atoms with E-state index in [0.29, 0.717) is 11.5 Å². The first-order valence-corrected chi connectivity index (χ1v) is 10.1. The molecule has 6 heteroatoms. The Hall–Kier alpha value is -3.02. The highest BCUT2D eigenvalue weighted by Crippen LogP contribution is 2.41. The standard InChI is InChI=1S/C24H29NO5/c1-15(2)18-10-6-8-16(3)22(18)25-20(26)13-29-21(27)14-28-19-11-7-9-17-12-24(4,5)30-23(17)19/h6-11,15H,12-14H2,1-5H3,(H,25,26). The number of carbonyl (C=O) groups is 2. The van der Waals surface area contributed by atoms with Crippen LogP contribution in [-0.2, 0) is 20.7 Å². The summed E-state index contributed by atoms with van der Waals surface area (Å²) in [5.41, 5.74) is 3.52. The Morgan fingerprint density at radius 2 is 1.87 bits per heavy atom. The molecule has 3 rings (SSSR count). The third-order valence-corrected chi connectivity index (χ3v) is 4.96. The molecule has 0 fully saturated rings. The Bertz CT molecular complexity index is 949. The SMILES string of the molecule is Cc1cccc(C(C)C)c1NC(=O)COC(=O)COc1cccc2c1OC(C)(C)C2. The van der Waals surface area contributed by atoms with Gasteiger partial charge in [0.2, 0.25) is 0 Å². The minimum atomic E-state index is -0.617. The molecule has 0 saturated carbocycles. The number of hydrogen-bond acceptors (Lipinski definition) is 5. The second-order valence-corrected chi connectivity index (χ2v) is 8.47. The van der Waals surface area contributed by atoms with Gasteiger partial charge in [-0.25, -0.2) is 4.79 Å². The fourth-order valence-corrected chi connectivity index (χ4v) is 3.54. The summed E-state index contributed by atoms with van der Waals surface area (Å²) in [5.74, 6) is 0.421. The van der Waals surface area contributed by atoms with Crippen molar-refractivity contribution in [1.82, 2.24) is 0 Å². The molecular weight excluding hydrogens is 382 g/mol. The molecule has 1 aliphatic heterocycles. The van der Waals surface area contributed by atoms with Crippen LogP contribution in [0.3, 0.4) is 0 Å². The lowest BCUT2D eigenvalue weighted by molar-refractivity contribution is -0.149. The van der Waals surface area contributed by atoms with Gasteiger partial charge in [0.1, 0.15) is 5.60 Å². The molecule has 1 aliphatic rings. The van der Waals surface area contributed by atoms with Crippen LogP contribution in [0.25, 0.3) is 0 Å². The van der Waals surface area contributed by atoms with Gasteiger partial charge in [0.25, 0.3) is 5.91 Å². The monoisotopic (exact) mass is 411 g/mol. The Balaban J connectivity index is 1.52. The van der Waals surface area contributed by atoms with E-state index in [-0.39, 0.29) is 30.6 Å². The van der Waals surface area contributed by atoms with Crippen LogP contribution in [0.2, 0.25) is 0 Å². The number of anilines is 1. The summed E-state index contributed by atoms with van der Waals surface area (Å²) >= 11 is 0. The first-order chi connectivity index (χ1) is 14.2. The zero-order valence-electron chi connectivity index (χ0n) is 18.2. The Morgan fingerprint density at radius 3 is 2.60 bits per heavy atom. The number of hydrogen-bond donors (Lipinski definition) is 1. The molecule has 0 aromatic heterocycles. The Labute approximate surface area is 177 Å². The van der Waals surface area contributed by atoms with Crippen molar-refractivity contribution in [2.75, 3.05) is 18.5 Å². The fourth-order valence-electron chi connectivity index (χ4n) is 3.54. The van der Waals surface area contributed by atoms with E-state index in [1.54, 1.807) is 6.07 Å². The zero-order valence-corrected chi connectivity index (χ0v) is 18.2. The summed E-state index contributed by atoms with van der Waals surface area (Å²) in [4.78, 5) is 24.4. The van der Waals surface area contributed by atoms with Gasteiger partial charge in [0.05, 0.1) is 0 Å². The molecule has 0 saturated heterocycles. The average molecular weight is 411 g/mol. The second-order valence-electron chi connectivity index (χ2n) is 8.47. The van der Waals surface area contributed by atoms with Crippen molar-refractivity contribution in [3.8, 4) is 11.5 Å². The molecule has 0 bridgehead atoms. The van der Waals surface area contributed by atoms with Crippen LogP contribution in [-0.4, -0.2) is 30.7 Å². The van der Waals surface area contributed by atoms with Gasteiger partial charge in [-0.3, -0.25) is 4.79 Å². The van der Waals surface area contributed by atoms with Gasteiger partial charge in [-0.15, -0.1) is 0 Å². The number of rotatable bonds is 7. The van der Waals surface area contributed by atoms with Crippen LogP contribution < -0.4 is 14.8 Å². The van der Waals surface area contributed by atoms with Gasteiger partial charge in [0, 0.05) is 17.7 Å². The smallest absolute Gasteiger partial charge is 0.344 e. The normalized spacial score (nSPS) is 14.1. The maximum Gasteiger partial charge on any atom is 0.344 e. The fraction of sp³-hybridized carbons (Fsp3) is 0.417. The molecule has 0 aliphatic carbocycles. The molecule has 30 heavy (non-hydrogen) atoms. The van der Waals surface area contributed by atoms with E-state index in [1.165, 1.54) is 0 Å². The Morgan fingerprint density at radius 1 is 1.13 bits per heavy atom. The molecule has 2 aromatic rings. The number of esters is 1. The lowest BCUT2D eigenvalue weighted by atomic mass is 9.98. The van der Waals surface area contributed by atoms with Gasteiger partial charge in [-0.2, -0.15) is 0 Å². The lowest BCUT2D eigenvalue weighted by Gasteiger charge is -2.18. The number of carbonyl (C=O) groups excluding carboxylic acids is 2. The van der Waals surface area contributed by atoms with Crippen molar-refractivity contribution in [2.24, 2.45) is 0 Å². The largest absolute Gasteiger partial charge is 0.483 e. The van der Waals surface area contributed by atoms with Crippen LogP contribution in [0.15, 0.2) is 36.4 Å². The molecular formula is C24H29NO5. The van der Waals surface area contributed by atoms with E-state index in [0.717, 1.165) is 28.8 Å². The summed E-state index contributed by atoms with van der Waals surface area (Å²) in [7, 11) is 0. The molecule has 6 nitrogen and oxygen atoms in total. The first-order valence-electron chi connectivity index (χ1n) is 10.1. The molecule has 1 N–H and O–H groups in total. The molecule has 160 valence electrons. The first kappa shape index (κ1) is 21.7. The van der Waals surface area contributed by atoms with Crippen LogP contribution in [0.4, 0.5) is 5.69 Å². The van der Waals surface area contributed by atoms with Crippen molar-refractivity contribution in [3.05, 3.63) is 53.1 Å². The number of nitrogens with one attached hydrogen (secondary N) is 1. The van der Waals surface area contributed by atoms with E-state index in [2.05, 4.69) is 19.2 Å². The van der Waals surface area contributed by atoms with E-state index in [9.17, 15) is 9.59 Å². The zero-order chi connectivity index (χ0) is 21.9. The van der Waals surface area contributed by atoms with Crippen molar-refractivity contribution < 1.29 is 23.8 Å². The van der Waals surface area contributed by atoms with Gasteiger partial charge in [-0.1, -0.05) is 44.2 Å². The summed E-state index contributed by atoms with van der Waals surface area (Å²) < 4.78 is 16.6. The number of fused-ring (bicyclic) bond motifs is 1. The van der Waals surface area contributed by atoms with Crippen LogP contribution in [0.1, 0.15) is 50.3 Å². The third kappa shape index (κ3) is 5.12. The maximum absolute atomic E-state index is 12.3. The molecule has 1 heterocycles. The van der Waals surface area contributed by atoms with Crippen molar-refractivity contribution in [3.63, 3.8) is 0 Å². The molecule has 0 spiro atoms. The molecule has 0 radical (unpaired) electrons. The quantitative estimate of drug-likeness (QED) is 0.684. The minimum Gasteiger partial charge on any atom is -0.483 e. The summed E-state index contributed by atoms with van der Waals surface area (Å²) in [6.45, 7) is 9.40. The topological polar surface area (TPSA) is 73.9 Å². The minimum absolute atomic E-state index is 0.260. The van der Waals surface area contributed by atoms with Crippen molar-refractivity contribution >= 4 is 17.6 Å². The lowest BCUT2D eigenvalue weighted by Crippen LogP contribution is -2.25. The van der Waals surface area contributed by atoms with Crippen LogP contribution >= 0.6 is 0 Å². The molecule has 0 unspecified atom stereocenters. The van der Waals surface area contributed by atoms with Crippen molar-refractivity contribution in [1.29, 1.82) is 0 Å². The number of amides is 1. The van der Waals surface area contributed by atoms with Crippen molar-refractivity contribution in [2.45, 2.75) is 52.6 Å². The van der Waals surface area contributed by atoms with Gasteiger partial charge < -0.3 is 19.5 Å². The number of ether oxygens (including phenoxy) is 3. The maximum atomic E-state index is 12.3. The molecule has 2 aromatic carbocycles. The highest BCUT2D eigenvalue weighted by molar-refractivity contribution is 5.94. The average Bonchev–Trinajstić information content (AvgIpc) is 3.00.